The van der Waals surface area contributed by atoms with Crippen LogP contribution in [0.3, 0.4) is 0 Å². The zero-order valence-corrected chi connectivity index (χ0v) is 23.2. The van der Waals surface area contributed by atoms with E-state index in [1.54, 1.807) is 41.3 Å². The highest BCUT2D eigenvalue weighted by Gasteiger charge is 2.28. The van der Waals surface area contributed by atoms with Crippen LogP contribution in [0.5, 0.6) is 0 Å². The highest BCUT2D eigenvalue weighted by molar-refractivity contribution is 8.01. The third-order valence-corrected chi connectivity index (χ3v) is 9.80. The Morgan fingerprint density at radius 1 is 1.11 bits per heavy atom. The minimum absolute atomic E-state index is 0.0714. The van der Waals surface area contributed by atoms with Gasteiger partial charge in [0.05, 0.1) is 9.10 Å². The Morgan fingerprint density at radius 3 is 2.49 bits per heavy atom. The summed E-state index contributed by atoms with van der Waals surface area (Å²) in [5.74, 6) is 1.49. The third-order valence-electron chi connectivity index (χ3n) is 5.92. The predicted molar refractivity (Wildman–Crippen MR) is 148 cm³/mol. The lowest BCUT2D eigenvalue weighted by molar-refractivity contribution is 0.602. The van der Waals surface area contributed by atoms with Gasteiger partial charge >= 0.3 is 5.69 Å². The molecular formula is C25H30N4O3S3. The zero-order valence-electron chi connectivity index (χ0n) is 20.7. The Morgan fingerprint density at radius 2 is 1.80 bits per heavy atom. The van der Waals surface area contributed by atoms with Crippen molar-refractivity contribution in [2.75, 3.05) is 29.5 Å². The summed E-state index contributed by atoms with van der Waals surface area (Å²) in [6.07, 6.45) is 1.01. The van der Waals surface area contributed by atoms with Crippen LogP contribution in [0.4, 0.5) is 11.5 Å². The number of fused-ring (bicyclic) bond motifs is 2. The van der Waals surface area contributed by atoms with Gasteiger partial charge in [0.2, 0.25) is 0 Å². The molecule has 10 heteroatoms. The van der Waals surface area contributed by atoms with Crippen LogP contribution in [0.2, 0.25) is 0 Å². The number of benzene rings is 2. The summed E-state index contributed by atoms with van der Waals surface area (Å²) in [7, 11) is -0.178. The van der Waals surface area contributed by atoms with E-state index in [-0.39, 0.29) is 10.7 Å². The van der Waals surface area contributed by atoms with E-state index in [0.29, 0.717) is 17.0 Å². The monoisotopic (exact) mass is 530 g/mol. The molecule has 4 rings (SSSR count). The fraction of sp³-hybridized carbons (Fsp3) is 0.360. The molecule has 0 fully saturated rings. The van der Waals surface area contributed by atoms with Gasteiger partial charge in [-0.15, -0.1) is 23.1 Å². The number of sulfonamides is 1. The average Bonchev–Trinajstić information content (AvgIpc) is 3.11. The number of thioether (sulfide) groups is 1. The molecule has 0 saturated heterocycles. The molecule has 35 heavy (non-hydrogen) atoms. The van der Waals surface area contributed by atoms with Gasteiger partial charge in [0.15, 0.2) is 5.82 Å². The van der Waals surface area contributed by atoms with Crippen molar-refractivity contribution in [2.24, 2.45) is 5.92 Å². The summed E-state index contributed by atoms with van der Waals surface area (Å²) in [5.41, 5.74) is 1.73. The number of nitrogens with zero attached hydrogens (tertiary/aromatic N) is 3. The maximum Gasteiger partial charge on any atom is 0.354 e. The lowest BCUT2D eigenvalue weighted by atomic mass is 10.1. The van der Waals surface area contributed by atoms with Crippen molar-refractivity contribution in [2.45, 2.75) is 43.2 Å². The molecule has 2 aliphatic rings. The molecule has 1 N–H and O–H groups in total. The number of hydrogen-bond donors (Lipinski definition) is 1. The molecule has 0 unspecified atom stereocenters. The number of imidazole rings is 1. The van der Waals surface area contributed by atoms with E-state index in [1.165, 1.54) is 4.57 Å². The first-order valence-corrected chi connectivity index (χ1v) is 14.7. The number of hydrogen-bond acceptors (Lipinski definition) is 7. The molecule has 0 radical (unpaired) electrons. The topological polar surface area (TPSA) is 84.3 Å². The molecule has 0 amide bonds. The summed E-state index contributed by atoms with van der Waals surface area (Å²) in [6.45, 7) is 8.16. The molecule has 0 atom stereocenters. The molecule has 0 aromatic heterocycles. The van der Waals surface area contributed by atoms with Crippen LogP contribution in [0.1, 0.15) is 30.8 Å². The summed E-state index contributed by atoms with van der Waals surface area (Å²) >= 11 is 3.20. The molecule has 2 heterocycles. The van der Waals surface area contributed by atoms with E-state index in [4.69, 9.17) is 0 Å². The minimum Gasteiger partial charge on any atom is -0.377 e. The highest BCUT2D eigenvalue weighted by Crippen LogP contribution is 2.39. The van der Waals surface area contributed by atoms with E-state index >= 15 is 0 Å². The van der Waals surface area contributed by atoms with Crippen molar-refractivity contribution < 1.29 is 8.42 Å². The van der Waals surface area contributed by atoms with Gasteiger partial charge in [-0.05, 0) is 44.1 Å². The molecule has 2 aromatic rings. The first-order valence-electron chi connectivity index (χ1n) is 11.4. The van der Waals surface area contributed by atoms with Crippen LogP contribution in [0, 0.1) is 19.8 Å². The molecule has 0 saturated carbocycles. The second-order valence-electron chi connectivity index (χ2n) is 9.12. The van der Waals surface area contributed by atoms with Gasteiger partial charge in [0.1, 0.15) is 5.69 Å². The van der Waals surface area contributed by atoms with Crippen LogP contribution in [-0.4, -0.2) is 37.8 Å². The van der Waals surface area contributed by atoms with Crippen molar-refractivity contribution in [1.29, 1.82) is 0 Å². The molecule has 186 valence electrons. The first-order chi connectivity index (χ1) is 16.5. The number of nitrogens with one attached hydrogen (secondary N) is 1. The zero-order chi connectivity index (χ0) is 25.5. The SMILES string of the molecule is Cc1sc(SCCC(C)C)c2c(NS(=O)(=O)c3cccc4c(N(C)C)cccc34)nc(=O)n-2c1C. The maximum atomic E-state index is 13.6. The van der Waals surface area contributed by atoms with E-state index in [1.807, 2.05) is 51.0 Å². The Kier molecular flexibility index (Phi) is 7.17. The normalized spacial score (nSPS) is 12.1. The molecule has 2 aliphatic heterocycles. The van der Waals surface area contributed by atoms with Gasteiger partial charge < -0.3 is 4.90 Å². The Hall–Kier alpha value is -2.56. The molecular weight excluding hydrogens is 501 g/mol. The van der Waals surface area contributed by atoms with Crippen molar-refractivity contribution >= 4 is 55.4 Å². The number of aryl methyl sites for hydroxylation is 1. The maximum absolute atomic E-state index is 13.6. The van der Waals surface area contributed by atoms with E-state index in [9.17, 15) is 13.2 Å². The van der Waals surface area contributed by atoms with Crippen LogP contribution < -0.4 is 15.3 Å². The van der Waals surface area contributed by atoms with Gasteiger partial charge in [0.25, 0.3) is 10.0 Å². The van der Waals surface area contributed by atoms with Crippen LogP contribution >= 0.6 is 23.1 Å². The molecule has 2 aromatic carbocycles. The van der Waals surface area contributed by atoms with Crippen LogP contribution in [0.25, 0.3) is 16.5 Å². The van der Waals surface area contributed by atoms with E-state index < -0.39 is 15.7 Å². The minimum atomic E-state index is -4.02. The van der Waals surface area contributed by atoms with Crippen molar-refractivity contribution in [3.63, 3.8) is 0 Å². The second-order valence-corrected chi connectivity index (χ2v) is 13.4. The summed E-state index contributed by atoms with van der Waals surface area (Å²) in [5, 5.41) is 1.44. The smallest absolute Gasteiger partial charge is 0.354 e. The Balaban J connectivity index is 1.83. The van der Waals surface area contributed by atoms with E-state index in [2.05, 4.69) is 23.6 Å². The fourth-order valence-electron chi connectivity index (χ4n) is 3.95. The van der Waals surface area contributed by atoms with Gasteiger partial charge in [-0.1, -0.05) is 38.1 Å². The number of rotatable bonds is 8. The summed E-state index contributed by atoms with van der Waals surface area (Å²) in [6, 6.07) is 10.8. The van der Waals surface area contributed by atoms with Gasteiger partial charge in [-0.2, -0.15) is 4.98 Å². The summed E-state index contributed by atoms with van der Waals surface area (Å²) < 4.78 is 32.3. The van der Waals surface area contributed by atoms with E-state index in [0.717, 1.165) is 38.0 Å². The lowest BCUT2D eigenvalue weighted by Gasteiger charge is -2.18. The molecule has 7 nitrogen and oxygen atoms in total. The van der Waals surface area contributed by atoms with Crippen molar-refractivity contribution in [3.05, 3.63) is 57.5 Å². The Labute approximate surface area is 214 Å². The summed E-state index contributed by atoms with van der Waals surface area (Å²) in [4.78, 5) is 20.1. The predicted octanol–water partition coefficient (Wildman–Crippen LogP) is 5.51. The molecule has 0 bridgehead atoms. The van der Waals surface area contributed by atoms with Gasteiger partial charge in [-0.3, -0.25) is 9.29 Å². The lowest BCUT2D eigenvalue weighted by Crippen LogP contribution is -2.17. The molecule has 0 spiro atoms. The largest absolute Gasteiger partial charge is 0.377 e. The quantitative estimate of drug-likeness (QED) is 0.303. The fourth-order valence-corrected chi connectivity index (χ4v) is 7.94. The second kappa shape index (κ2) is 9.83. The van der Waals surface area contributed by atoms with Gasteiger partial charge in [-0.25, -0.2) is 13.2 Å². The number of anilines is 2. The number of aromatic nitrogens is 2. The van der Waals surface area contributed by atoms with Crippen LogP contribution in [0.15, 0.2) is 50.3 Å². The third kappa shape index (κ3) is 4.92. The molecule has 0 aliphatic carbocycles. The first kappa shape index (κ1) is 25.5. The Bertz CT molecular complexity index is 1520. The highest BCUT2D eigenvalue weighted by atomic mass is 32.2. The van der Waals surface area contributed by atoms with Crippen molar-refractivity contribution in [3.8, 4) is 5.69 Å². The standard InChI is InChI=1S/C25H30N4O3S3/c1-15(2)13-14-33-24-22-23(26-25(30)29(22)16(3)17(4)34-24)27-35(31,32)21-12-8-9-18-19(21)10-7-11-20(18)28(5)6/h7-12,15H,13-14H2,1-6H3,(H,26,27,30). The van der Waals surface area contributed by atoms with Crippen molar-refractivity contribution in [1.82, 2.24) is 9.55 Å². The van der Waals surface area contributed by atoms with Gasteiger partial charge in [0, 0.05) is 41.1 Å². The van der Waals surface area contributed by atoms with Crippen LogP contribution in [-0.2, 0) is 10.0 Å². The average molecular weight is 531 g/mol.